The molecule has 0 aromatic carbocycles. The highest BCUT2D eigenvalue weighted by Gasteiger charge is 2.14. The normalized spacial score (nSPS) is 12.1. The number of nitrogen functional groups attached to an aromatic ring is 1. The van der Waals surface area contributed by atoms with Gasteiger partial charge in [0, 0.05) is 54.1 Å². The van der Waals surface area contributed by atoms with Gasteiger partial charge in [-0.1, -0.05) is 0 Å². The van der Waals surface area contributed by atoms with Gasteiger partial charge in [-0.2, -0.15) is 0 Å². The van der Waals surface area contributed by atoms with Crippen molar-refractivity contribution >= 4 is 25.4 Å². The third-order valence-electron chi connectivity index (χ3n) is 3.36. The monoisotopic (exact) mass is 406 g/mol. The second-order valence-corrected chi connectivity index (χ2v) is 9.54. The SMILES string of the molecule is CS(=O)(=O)c1ncc(-c2cc(N)cc(-c3cnc(S(C)(=O)=O)nc3)n2)cn1. The summed E-state index contributed by atoms with van der Waals surface area (Å²) in [4.78, 5) is 19.7. The molecule has 3 aromatic heterocycles. The van der Waals surface area contributed by atoms with E-state index in [1.807, 2.05) is 0 Å². The van der Waals surface area contributed by atoms with Crippen molar-refractivity contribution in [1.82, 2.24) is 24.9 Å². The number of rotatable bonds is 4. The fourth-order valence-corrected chi connectivity index (χ4v) is 3.10. The van der Waals surface area contributed by atoms with E-state index in [9.17, 15) is 16.8 Å². The molecule has 0 fully saturated rings. The summed E-state index contributed by atoms with van der Waals surface area (Å²) in [6.07, 6.45) is 7.35. The number of nitrogens with zero attached hydrogens (tertiary/aromatic N) is 5. The van der Waals surface area contributed by atoms with E-state index < -0.39 is 19.7 Å². The fourth-order valence-electron chi connectivity index (χ4n) is 2.13. The van der Waals surface area contributed by atoms with E-state index in [4.69, 9.17) is 5.73 Å². The first kappa shape index (κ1) is 18.8. The van der Waals surface area contributed by atoms with E-state index in [0.29, 0.717) is 28.2 Å². The molecule has 0 radical (unpaired) electrons. The lowest BCUT2D eigenvalue weighted by Crippen LogP contribution is -2.04. The van der Waals surface area contributed by atoms with Crippen molar-refractivity contribution < 1.29 is 16.8 Å². The van der Waals surface area contributed by atoms with Crippen LogP contribution in [-0.2, 0) is 19.7 Å². The van der Waals surface area contributed by atoms with Gasteiger partial charge in [-0.3, -0.25) is 0 Å². The van der Waals surface area contributed by atoms with Crippen LogP contribution in [0.15, 0.2) is 47.2 Å². The van der Waals surface area contributed by atoms with E-state index in [0.717, 1.165) is 12.5 Å². The topological polar surface area (TPSA) is 159 Å². The Morgan fingerprint density at radius 3 is 1.33 bits per heavy atom. The molecular weight excluding hydrogens is 392 g/mol. The molecule has 0 aliphatic heterocycles. The quantitative estimate of drug-likeness (QED) is 0.600. The second-order valence-electron chi connectivity index (χ2n) is 5.72. The van der Waals surface area contributed by atoms with E-state index in [1.165, 1.54) is 24.8 Å². The summed E-state index contributed by atoms with van der Waals surface area (Å²) < 4.78 is 45.8. The number of nitrogens with two attached hydrogens (primary N) is 1. The number of hydrogen-bond donors (Lipinski definition) is 1. The largest absolute Gasteiger partial charge is 0.399 e. The highest BCUT2D eigenvalue weighted by Crippen LogP contribution is 2.25. The van der Waals surface area contributed by atoms with E-state index in [1.54, 1.807) is 12.1 Å². The van der Waals surface area contributed by atoms with E-state index in [2.05, 4.69) is 24.9 Å². The number of aromatic nitrogens is 5. The van der Waals surface area contributed by atoms with Crippen molar-refractivity contribution in [3.63, 3.8) is 0 Å². The molecule has 3 rings (SSSR count). The first-order chi connectivity index (χ1) is 12.5. The minimum absolute atomic E-state index is 0.292. The van der Waals surface area contributed by atoms with Gasteiger partial charge in [0.15, 0.2) is 0 Å². The molecule has 10 nitrogen and oxygen atoms in total. The van der Waals surface area contributed by atoms with Crippen molar-refractivity contribution in [3.05, 3.63) is 36.9 Å². The number of hydrogen-bond acceptors (Lipinski definition) is 10. The van der Waals surface area contributed by atoms with Gasteiger partial charge in [0.05, 0.1) is 11.4 Å². The Hall–Kier alpha value is -2.99. The summed E-state index contributed by atoms with van der Waals surface area (Å²) >= 11 is 0. The Morgan fingerprint density at radius 2 is 1.04 bits per heavy atom. The lowest BCUT2D eigenvalue weighted by Gasteiger charge is -2.07. The first-order valence-corrected chi connectivity index (χ1v) is 11.1. The van der Waals surface area contributed by atoms with Crippen molar-refractivity contribution in [2.45, 2.75) is 10.3 Å². The summed E-state index contributed by atoms with van der Waals surface area (Å²) in [6, 6.07) is 3.15. The maximum absolute atomic E-state index is 11.5. The highest BCUT2D eigenvalue weighted by molar-refractivity contribution is 7.90. The molecule has 0 saturated carbocycles. The summed E-state index contributed by atoms with van der Waals surface area (Å²) in [5, 5.41) is -0.583. The molecular formula is C15H14N6O4S2. The van der Waals surface area contributed by atoms with Gasteiger partial charge in [-0.25, -0.2) is 41.8 Å². The molecule has 0 spiro atoms. The average molecular weight is 406 g/mol. The molecule has 27 heavy (non-hydrogen) atoms. The summed E-state index contributed by atoms with van der Waals surface area (Å²) in [6.45, 7) is 0. The number of anilines is 1. The molecule has 0 atom stereocenters. The summed E-state index contributed by atoms with van der Waals surface area (Å²) in [5.74, 6) is 0. The van der Waals surface area contributed by atoms with Gasteiger partial charge in [0.2, 0.25) is 30.0 Å². The maximum atomic E-state index is 11.5. The third-order valence-corrected chi connectivity index (χ3v) is 5.11. The average Bonchev–Trinajstić information content (AvgIpc) is 2.60. The van der Waals surface area contributed by atoms with Crippen LogP contribution in [0.25, 0.3) is 22.5 Å². The van der Waals surface area contributed by atoms with Crippen LogP contribution in [0.4, 0.5) is 5.69 Å². The van der Waals surface area contributed by atoms with Crippen LogP contribution in [0.5, 0.6) is 0 Å². The molecule has 0 bridgehead atoms. The van der Waals surface area contributed by atoms with Crippen LogP contribution in [0.1, 0.15) is 0 Å². The lowest BCUT2D eigenvalue weighted by atomic mass is 10.1. The zero-order chi connectivity index (χ0) is 19.8. The van der Waals surface area contributed by atoms with Crippen LogP contribution in [0, 0.1) is 0 Å². The standard InChI is InChI=1S/C15H14N6O4S2/c1-26(22,23)14-17-5-9(6-18-14)12-3-11(16)4-13(21-12)10-7-19-15(20-8-10)27(2,24)25/h3-8H,1-2H3,(H2,16,21). The molecule has 3 heterocycles. The summed E-state index contributed by atoms with van der Waals surface area (Å²) in [7, 11) is -7.02. The smallest absolute Gasteiger partial charge is 0.246 e. The van der Waals surface area contributed by atoms with Crippen molar-refractivity contribution in [3.8, 4) is 22.5 Å². The lowest BCUT2D eigenvalue weighted by molar-refractivity contribution is 0.591. The maximum Gasteiger partial charge on any atom is 0.246 e. The molecule has 0 saturated heterocycles. The van der Waals surface area contributed by atoms with Gasteiger partial charge in [0.1, 0.15) is 0 Å². The predicted molar refractivity (Wildman–Crippen MR) is 96.9 cm³/mol. The molecule has 0 aliphatic rings. The van der Waals surface area contributed by atoms with Crippen LogP contribution in [0.2, 0.25) is 0 Å². The molecule has 140 valence electrons. The molecule has 0 amide bonds. The molecule has 0 aliphatic carbocycles. The highest BCUT2D eigenvalue weighted by atomic mass is 32.2. The van der Waals surface area contributed by atoms with Crippen LogP contribution in [0.3, 0.4) is 0 Å². The van der Waals surface area contributed by atoms with Gasteiger partial charge in [-0.15, -0.1) is 0 Å². The molecule has 2 N–H and O–H groups in total. The second kappa shape index (κ2) is 6.63. The van der Waals surface area contributed by atoms with Crippen LogP contribution < -0.4 is 5.73 Å². The summed E-state index contributed by atoms with van der Waals surface area (Å²) in [5.41, 5.74) is 8.06. The number of pyridine rings is 1. The zero-order valence-electron chi connectivity index (χ0n) is 14.2. The van der Waals surface area contributed by atoms with Gasteiger partial charge in [-0.05, 0) is 12.1 Å². The Balaban J connectivity index is 2.02. The third kappa shape index (κ3) is 4.23. The molecule has 3 aromatic rings. The van der Waals surface area contributed by atoms with Crippen LogP contribution in [-0.4, -0.2) is 54.3 Å². The zero-order valence-corrected chi connectivity index (χ0v) is 15.9. The molecule has 0 unspecified atom stereocenters. The van der Waals surface area contributed by atoms with E-state index in [-0.39, 0.29) is 10.3 Å². The Labute approximate surface area is 155 Å². The Morgan fingerprint density at radius 1 is 0.704 bits per heavy atom. The number of sulfone groups is 2. The molecule has 12 heteroatoms. The van der Waals surface area contributed by atoms with Crippen molar-refractivity contribution in [1.29, 1.82) is 0 Å². The first-order valence-electron chi connectivity index (χ1n) is 7.36. The fraction of sp³-hybridized carbons (Fsp3) is 0.133. The predicted octanol–water partition coefficient (Wildman–Crippen LogP) is 0.385. The van der Waals surface area contributed by atoms with Gasteiger partial charge >= 0.3 is 0 Å². The van der Waals surface area contributed by atoms with Crippen molar-refractivity contribution in [2.75, 3.05) is 18.2 Å². The minimum Gasteiger partial charge on any atom is -0.399 e. The Bertz CT molecular complexity index is 1110. The van der Waals surface area contributed by atoms with Gasteiger partial charge < -0.3 is 5.73 Å². The van der Waals surface area contributed by atoms with Crippen molar-refractivity contribution in [2.24, 2.45) is 0 Å². The van der Waals surface area contributed by atoms with E-state index >= 15 is 0 Å². The van der Waals surface area contributed by atoms with Crippen LogP contribution >= 0.6 is 0 Å². The Kier molecular flexibility index (Phi) is 4.61. The minimum atomic E-state index is -3.51. The van der Waals surface area contributed by atoms with Gasteiger partial charge in [0.25, 0.3) is 0 Å².